The van der Waals surface area contributed by atoms with Gasteiger partial charge in [-0.15, -0.1) is 0 Å². The first-order chi connectivity index (χ1) is 12.8. The van der Waals surface area contributed by atoms with Crippen molar-refractivity contribution in [2.75, 3.05) is 18.1 Å². The molecule has 0 spiro atoms. The summed E-state index contributed by atoms with van der Waals surface area (Å²) in [7, 11) is -3.11. The van der Waals surface area contributed by atoms with Crippen LogP contribution in [-0.2, 0) is 21.2 Å². The second-order valence-corrected chi connectivity index (χ2v) is 9.48. The molecule has 1 heterocycles. The number of carbonyl (C=O) groups excluding carboxylic acids is 1. The highest BCUT2D eigenvalue weighted by Crippen LogP contribution is 2.22. The number of ether oxygens (including phenoxy) is 1. The smallest absolute Gasteiger partial charge is 0.261 e. The van der Waals surface area contributed by atoms with E-state index in [0.717, 1.165) is 11.1 Å². The zero-order chi connectivity index (χ0) is 19.4. The van der Waals surface area contributed by atoms with Crippen LogP contribution in [0.4, 0.5) is 0 Å². The zero-order valence-corrected chi connectivity index (χ0v) is 16.7. The molecule has 0 N–H and O–H groups in total. The Hall–Kier alpha value is -2.05. The first kappa shape index (κ1) is 19.7. The molecule has 27 heavy (non-hydrogen) atoms. The van der Waals surface area contributed by atoms with Gasteiger partial charge in [0, 0.05) is 17.6 Å². The molecule has 1 saturated heterocycles. The molecule has 0 aliphatic carbocycles. The molecule has 0 radical (unpaired) electrons. The van der Waals surface area contributed by atoms with Gasteiger partial charge in [-0.25, -0.2) is 8.42 Å². The van der Waals surface area contributed by atoms with Gasteiger partial charge in [0.2, 0.25) is 0 Å². The lowest BCUT2D eigenvalue weighted by atomic mass is 10.1. The molecule has 0 aromatic heterocycles. The SMILES string of the molecule is Cc1cccc(OCC(=O)N(Cc2cccc(Cl)c2)C2CCS(=O)(=O)C2)c1. The molecule has 144 valence electrons. The van der Waals surface area contributed by atoms with Gasteiger partial charge in [-0.3, -0.25) is 4.79 Å². The van der Waals surface area contributed by atoms with Gasteiger partial charge in [0.15, 0.2) is 16.4 Å². The Morgan fingerprint density at radius 3 is 2.67 bits per heavy atom. The summed E-state index contributed by atoms with van der Waals surface area (Å²) in [5.74, 6) is 0.475. The van der Waals surface area contributed by atoms with E-state index in [0.29, 0.717) is 23.7 Å². The van der Waals surface area contributed by atoms with E-state index in [1.54, 1.807) is 23.1 Å². The predicted octanol–water partition coefficient (Wildman–Crippen LogP) is 3.24. The van der Waals surface area contributed by atoms with Gasteiger partial charge in [-0.2, -0.15) is 0 Å². The normalized spacial score (nSPS) is 18.2. The van der Waals surface area contributed by atoms with Crippen LogP contribution in [0.15, 0.2) is 48.5 Å². The van der Waals surface area contributed by atoms with Crippen LogP contribution in [0.3, 0.4) is 0 Å². The number of amides is 1. The number of sulfone groups is 1. The van der Waals surface area contributed by atoms with Crippen LogP contribution in [0.5, 0.6) is 5.75 Å². The molecule has 1 aliphatic rings. The molecule has 1 amide bonds. The fourth-order valence-corrected chi connectivity index (χ4v) is 5.15. The number of nitrogens with zero attached hydrogens (tertiary/aromatic N) is 1. The summed E-state index contributed by atoms with van der Waals surface area (Å²) in [5, 5.41) is 0.579. The summed E-state index contributed by atoms with van der Waals surface area (Å²) in [6, 6.07) is 14.3. The molecule has 0 bridgehead atoms. The Morgan fingerprint density at radius 2 is 2.00 bits per heavy atom. The minimum absolute atomic E-state index is 0.0102. The fraction of sp³-hybridized carbons (Fsp3) is 0.350. The molecule has 1 atom stereocenters. The molecule has 5 nitrogen and oxygen atoms in total. The van der Waals surface area contributed by atoms with Crippen molar-refractivity contribution in [1.82, 2.24) is 4.90 Å². The Kier molecular flexibility index (Phi) is 6.07. The molecule has 7 heteroatoms. The Morgan fingerprint density at radius 1 is 1.22 bits per heavy atom. The van der Waals surface area contributed by atoms with Crippen LogP contribution >= 0.6 is 11.6 Å². The second-order valence-electron chi connectivity index (χ2n) is 6.81. The van der Waals surface area contributed by atoms with Crippen LogP contribution in [-0.4, -0.2) is 43.4 Å². The highest BCUT2D eigenvalue weighted by atomic mass is 35.5. The third-order valence-corrected chi connectivity index (χ3v) is 6.55. The molecule has 2 aromatic rings. The standard InChI is InChI=1S/C20H22ClNO4S/c1-15-4-2-7-19(10-15)26-13-20(23)22(18-8-9-27(24,25)14-18)12-16-5-3-6-17(21)11-16/h2-7,10-11,18H,8-9,12-14H2,1H3. The minimum Gasteiger partial charge on any atom is -0.484 e. The van der Waals surface area contributed by atoms with E-state index in [4.69, 9.17) is 16.3 Å². The maximum Gasteiger partial charge on any atom is 0.261 e. The quantitative estimate of drug-likeness (QED) is 0.737. The molecule has 0 saturated carbocycles. The molecule has 2 aromatic carbocycles. The van der Waals surface area contributed by atoms with Crippen molar-refractivity contribution in [2.45, 2.75) is 25.9 Å². The van der Waals surface area contributed by atoms with Gasteiger partial charge < -0.3 is 9.64 Å². The van der Waals surface area contributed by atoms with Gasteiger partial charge in [0.1, 0.15) is 5.75 Å². The highest BCUT2D eigenvalue weighted by molar-refractivity contribution is 7.91. The third kappa shape index (κ3) is 5.47. The lowest BCUT2D eigenvalue weighted by Gasteiger charge is -2.28. The first-order valence-electron chi connectivity index (χ1n) is 8.76. The lowest BCUT2D eigenvalue weighted by Crippen LogP contribution is -2.43. The molecule has 1 fully saturated rings. The number of halogens is 1. The van der Waals surface area contributed by atoms with E-state index in [-0.39, 0.29) is 30.1 Å². The maximum absolute atomic E-state index is 12.9. The fourth-order valence-electron chi connectivity index (χ4n) is 3.21. The zero-order valence-electron chi connectivity index (χ0n) is 15.1. The summed E-state index contributed by atoms with van der Waals surface area (Å²) in [4.78, 5) is 14.5. The first-order valence-corrected chi connectivity index (χ1v) is 11.0. The van der Waals surface area contributed by atoms with Crippen LogP contribution < -0.4 is 4.74 Å². The number of aryl methyl sites for hydroxylation is 1. The van der Waals surface area contributed by atoms with Crippen LogP contribution in [0, 0.1) is 6.92 Å². The Bertz CT molecular complexity index is 929. The van der Waals surface area contributed by atoms with Crippen molar-refractivity contribution in [3.63, 3.8) is 0 Å². The number of benzene rings is 2. The van der Waals surface area contributed by atoms with Crippen LogP contribution in [0.1, 0.15) is 17.5 Å². The Labute approximate surface area is 164 Å². The van der Waals surface area contributed by atoms with Crippen molar-refractivity contribution in [3.8, 4) is 5.75 Å². The van der Waals surface area contributed by atoms with Crippen molar-refractivity contribution in [2.24, 2.45) is 0 Å². The number of rotatable bonds is 6. The number of hydrogen-bond donors (Lipinski definition) is 0. The largest absolute Gasteiger partial charge is 0.484 e. The summed E-state index contributed by atoms with van der Waals surface area (Å²) in [5.41, 5.74) is 1.90. The highest BCUT2D eigenvalue weighted by Gasteiger charge is 2.34. The average molecular weight is 408 g/mol. The third-order valence-electron chi connectivity index (χ3n) is 4.56. The molecule has 1 aliphatic heterocycles. The van der Waals surface area contributed by atoms with Crippen molar-refractivity contribution < 1.29 is 17.9 Å². The average Bonchev–Trinajstić information content (AvgIpc) is 2.97. The van der Waals surface area contributed by atoms with E-state index >= 15 is 0 Å². The minimum atomic E-state index is -3.11. The van der Waals surface area contributed by atoms with Gasteiger partial charge in [-0.05, 0) is 48.7 Å². The van der Waals surface area contributed by atoms with Crippen LogP contribution in [0.25, 0.3) is 0 Å². The van der Waals surface area contributed by atoms with Crippen molar-refractivity contribution in [3.05, 3.63) is 64.7 Å². The van der Waals surface area contributed by atoms with Gasteiger partial charge >= 0.3 is 0 Å². The summed E-state index contributed by atoms with van der Waals surface area (Å²) >= 11 is 6.04. The molecule has 1 unspecified atom stereocenters. The van der Waals surface area contributed by atoms with Crippen molar-refractivity contribution in [1.29, 1.82) is 0 Å². The summed E-state index contributed by atoms with van der Waals surface area (Å²) < 4.78 is 29.4. The van der Waals surface area contributed by atoms with E-state index in [9.17, 15) is 13.2 Å². The van der Waals surface area contributed by atoms with Gasteiger partial charge in [0.05, 0.1) is 11.5 Å². The van der Waals surface area contributed by atoms with E-state index in [2.05, 4.69) is 0 Å². The van der Waals surface area contributed by atoms with Crippen molar-refractivity contribution >= 4 is 27.3 Å². The van der Waals surface area contributed by atoms with Gasteiger partial charge in [0.25, 0.3) is 5.91 Å². The topological polar surface area (TPSA) is 63.7 Å². The van der Waals surface area contributed by atoms with Gasteiger partial charge in [-0.1, -0.05) is 35.9 Å². The predicted molar refractivity (Wildman–Crippen MR) is 106 cm³/mol. The van der Waals surface area contributed by atoms with E-state index < -0.39 is 9.84 Å². The van der Waals surface area contributed by atoms with Crippen LogP contribution in [0.2, 0.25) is 5.02 Å². The van der Waals surface area contributed by atoms with E-state index in [1.165, 1.54) is 0 Å². The number of carbonyl (C=O) groups is 1. The lowest BCUT2D eigenvalue weighted by molar-refractivity contribution is -0.136. The number of hydrogen-bond acceptors (Lipinski definition) is 4. The second kappa shape index (κ2) is 8.31. The maximum atomic E-state index is 12.9. The van der Waals surface area contributed by atoms with E-state index in [1.807, 2.05) is 37.3 Å². The molecular formula is C20H22ClNO4S. The molecule has 3 rings (SSSR count). The molecular weight excluding hydrogens is 386 g/mol. The Balaban J connectivity index is 1.75. The summed E-state index contributed by atoms with van der Waals surface area (Å²) in [6.45, 7) is 2.11. The monoisotopic (exact) mass is 407 g/mol. The summed E-state index contributed by atoms with van der Waals surface area (Å²) in [6.07, 6.45) is 0.444.